The van der Waals surface area contributed by atoms with Gasteiger partial charge in [-0.25, -0.2) is 9.69 Å². The summed E-state index contributed by atoms with van der Waals surface area (Å²) in [7, 11) is 0. The van der Waals surface area contributed by atoms with Gasteiger partial charge in [-0.1, -0.05) is 48.5 Å². The van der Waals surface area contributed by atoms with Gasteiger partial charge in [0, 0.05) is 11.1 Å². The predicted molar refractivity (Wildman–Crippen MR) is 102 cm³/mol. The number of carbonyl (C=O) groups excluding carboxylic acids is 2. The molecule has 0 radical (unpaired) electrons. The van der Waals surface area contributed by atoms with Crippen molar-refractivity contribution in [1.82, 2.24) is 4.90 Å². The Kier molecular flexibility index (Phi) is 4.71. The zero-order valence-electron chi connectivity index (χ0n) is 14.3. The monoisotopic (exact) mass is 365 g/mol. The van der Waals surface area contributed by atoms with Crippen LogP contribution in [0.25, 0.3) is 10.1 Å². The summed E-state index contributed by atoms with van der Waals surface area (Å²) in [6.45, 7) is 0.265. The van der Waals surface area contributed by atoms with E-state index in [1.165, 1.54) is 15.0 Å². The second-order valence-electron chi connectivity index (χ2n) is 6.44. The third kappa shape index (κ3) is 3.35. The molecule has 1 aliphatic rings. The summed E-state index contributed by atoms with van der Waals surface area (Å²) in [4.78, 5) is 26.1. The lowest BCUT2D eigenvalue weighted by Gasteiger charge is -2.19. The van der Waals surface area contributed by atoms with Crippen LogP contribution in [0.15, 0.2) is 60.0 Å². The average molecular weight is 365 g/mol. The number of hydrogen-bond acceptors (Lipinski definition) is 4. The quantitative estimate of drug-likeness (QED) is 0.672. The SMILES string of the molecule is O=C(CCc1csc2ccccc12)N1C(=O)OCC1Cc1ccccc1. The van der Waals surface area contributed by atoms with Crippen molar-refractivity contribution in [3.8, 4) is 0 Å². The minimum Gasteiger partial charge on any atom is -0.447 e. The number of hydrogen-bond donors (Lipinski definition) is 0. The third-order valence-electron chi connectivity index (χ3n) is 4.71. The van der Waals surface area contributed by atoms with Gasteiger partial charge < -0.3 is 4.74 Å². The van der Waals surface area contributed by atoms with E-state index < -0.39 is 6.09 Å². The number of nitrogens with zero attached hydrogens (tertiary/aromatic N) is 1. The molecule has 1 aromatic heterocycles. The lowest BCUT2D eigenvalue weighted by molar-refractivity contribution is -0.129. The van der Waals surface area contributed by atoms with Crippen molar-refractivity contribution in [1.29, 1.82) is 0 Å². The highest BCUT2D eigenvalue weighted by atomic mass is 32.1. The standard InChI is InChI=1S/C21H19NO3S/c23-20(11-10-16-14-26-19-9-5-4-8-18(16)19)22-17(13-25-21(22)24)12-15-6-2-1-3-7-15/h1-9,14,17H,10-13H2. The van der Waals surface area contributed by atoms with Gasteiger partial charge in [-0.3, -0.25) is 4.79 Å². The first-order chi connectivity index (χ1) is 12.7. The Morgan fingerprint density at radius 1 is 1.12 bits per heavy atom. The molecule has 2 amide bonds. The molecule has 0 bridgehead atoms. The lowest BCUT2D eigenvalue weighted by atomic mass is 10.0. The van der Waals surface area contributed by atoms with Crippen molar-refractivity contribution in [3.63, 3.8) is 0 Å². The molecule has 1 fully saturated rings. The Hall–Kier alpha value is -2.66. The molecule has 4 nitrogen and oxygen atoms in total. The van der Waals surface area contributed by atoms with Gasteiger partial charge in [-0.15, -0.1) is 11.3 Å². The Bertz CT molecular complexity index is 935. The van der Waals surface area contributed by atoms with E-state index in [-0.39, 0.29) is 18.6 Å². The number of thiophene rings is 1. The minimum absolute atomic E-state index is 0.163. The van der Waals surface area contributed by atoms with Gasteiger partial charge in [-0.2, -0.15) is 0 Å². The van der Waals surface area contributed by atoms with Gasteiger partial charge in [0.1, 0.15) is 6.61 Å². The van der Waals surface area contributed by atoms with Crippen molar-refractivity contribution in [2.75, 3.05) is 6.61 Å². The summed E-state index contributed by atoms with van der Waals surface area (Å²) >= 11 is 1.68. The molecule has 1 atom stereocenters. The molecule has 5 heteroatoms. The van der Waals surface area contributed by atoms with Gasteiger partial charge >= 0.3 is 6.09 Å². The molecule has 4 rings (SSSR count). The molecule has 3 aromatic rings. The normalized spacial score (nSPS) is 16.8. The predicted octanol–water partition coefficient (Wildman–Crippen LogP) is 4.42. The molecule has 1 unspecified atom stereocenters. The number of cyclic esters (lactones) is 1. The molecule has 2 aromatic carbocycles. The minimum atomic E-state index is -0.522. The van der Waals surface area contributed by atoms with E-state index >= 15 is 0 Å². The number of ether oxygens (including phenoxy) is 1. The number of rotatable bonds is 5. The summed E-state index contributed by atoms with van der Waals surface area (Å²) in [5.74, 6) is -0.163. The highest BCUT2D eigenvalue weighted by Crippen LogP contribution is 2.27. The first kappa shape index (κ1) is 16.8. The average Bonchev–Trinajstić information content (AvgIpc) is 3.24. The number of benzene rings is 2. The van der Waals surface area contributed by atoms with E-state index in [2.05, 4.69) is 17.5 Å². The molecule has 2 heterocycles. The summed E-state index contributed by atoms with van der Waals surface area (Å²) in [5, 5.41) is 3.29. The van der Waals surface area contributed by atoms with Crippen molar-refractivity contribution in [3.05, 3.63) is 71.1 Å². The zero-order valence-corrected chi connectivity index (χ0v) is 15.1. The van der Waals surface area contributed by atoms with Crippen molar-refractivity contribution in [2.45, 2.75) is 25.3 Å². The number of aryl methyl sites for hydroxylation is 1. The van der Waals surface area contributed by atoms with E-state index in [1.54, 1.807) is 11.3 Å². The molecule has 0 aliphatic carbocycles. The number of imide groups is 1. The summed E-state index contributed by atoms with van der Waals surface area (Å²) in [6, 6.07) is 17.8. The number of fused-ring (bicyclic) bond motifs is 1. The molecule has 0 N–H and O–H groups in total. The molecule has 1 aliphatic heterocycles. The largest absolute Gasteiger partial charge is 0.447 e. The highest BCUT2D eigenvalue weighted by Gasteiger charge is 2.37. The van der Waals surface area contributed by atoms with Crippen molar-refractivity contribution >= 4 is 33.4 Å². The Morgan fingerprint density at radius 2 is 1.88 bits per heavy atom. The van der Waals surface area contributed by atoms with Crippen LogP contribution in [0.2, 0.25) is 0 Å². The molecule has 0 saturated carbocycles. The summed E-state index contributed by atoms with van der Waals surface area (Å²) in [5.41, 5.74) is 2.25. The molecule has 132 valence electrons. The molecular formula is C21H19NO3S. The number of carbonyl (C=O) groups is 2. The number of amides is 2. The van der Waals surface area contributed by atoms with E-state index in [9.17, 15) is 9.59 Å². The Balaban J connectivity index is 1.44. The van der Waals surface area contributed by atoms with Crippen molar-refractivity contribution < 1.29 is 14.3 Å². The maximum Gasteiger partial charge on any atom is 0.416 e. The smallest absolute Gasteiger partial charge is 0.416 e. The van der Waals surface area contributed by atoms with Crippen LogP contribution in [-0.2, 0) is 22.4 Å². The van der Waals surface area contributed by atoms with Gasteiger partial charge in [0.15, 0.2) is 0 Å². The van der Waals surface area contributed by atoms with Crippen LogP contribution in [0.5, 0.6) is 0 Å². The molecule has 26 heavy (non-hydrogen) atoms. The maximum atomic E-state index is 12.7. The molecule has 1 saturated heterocycles. The van der Waals surface area contributed by atoms with Gasteiger partial charge in [0.2, 0.25) is 5.91 Å². The molecular weight excluding hydrogens is 346 g/mol. The van der Waals surface area contributed by atoms with Crippen LogP contribution in [0.4, 0.5) is 4.79 Å². The fourth-order valence-electron chi connectivity index (χ4n) is 3.39. The van der Waals surface area contributed by atoms with Crippen LogP contribution in [0.1, 0.15) is 17.5 Å². The van der Waals surface area contributed by atoms with E-state index in [1.807, 2.05) is 42.5 Å². The second-order valence-corrected chi connectivity index (χ2v) is 7.35. The first-order valence-corrected chi connectivity index (χ1v) is 9.58. The van der Waals surface area contributed by atoms with Gasteiger partial charge in [0.25, 0.3) is 0 Å². The van der Waals surface area contributed by atoms with Crippen LogP contribution in [-0.4, -0.2) is 29.5 Å². The second kappa shape index (κ2) is 7.30. The summed E-state index contributed by atoms with van der Waals surface area (Å²) < 4.78 is 6.37. The Labute approximate surface area is 156 Å². The first-order valence-electron chi connectivity index (χ1n) is 8.70. The third-order valence-corrected chi connectivity index (χ3v) is 5.73. The van der Waals surface area contributed by atoms with E-state index in [4.69, 9.17) is 4.74 Å². The zero-order chi connectivity index (χ0) is 17.9. The Morgan fingerprint density at radius 3 is 2.73 bits per heavy atom. The van der Waals surface area contributed by atoms with Crippen molar-refractivity contribution in [2.24, 2.45) is 0 Å². The van der Waals surface area contributed by atoms with Crippen LogP contribution >= 0.6 is 11.3 Å². The molecule has 0 spiro atoms. The topological polar surface area (TPSA) is 46.6 Å². The highest BCUT2D eigenvalue weighted by molar-refractivity contribution is 7.17. The van der Waals surface area contributed by atoms with Crippen LogP contribution in [0, 0.1) is 0 Å². The van der Waals surface area contributed by atoms with Crippen LogP contribution in [0.3, 0.4) is 0 Å². The van der Waals surface area contributed by atoms with E-state index in [0.717, 1.165) is 11.1 Å². The van der Waals surface area contributed by atoms with Gasteiger partial charge in [-0.05, 0) is 40.8 Å². The fourth-order valence-corrected chi connectivity index (χ4v) is 4.39. The van der Waals surface area contributed by atoms with Crippen LogP contribution < -0.4 is 0 Å². The fraction of sp³-hybridized carbons (Fsp3) is 0.238. The lowest BCUT2D eigenvalue weighted by Crippen LogP contribution is -2.40. The van der Waals surface area contributed by atoms with Gasteiger partial charge in [0.05, 0.1) is 6.04 Å². The maximum absolute atomic E-state index is 12.7. The summed E-state index contributed by atoms with van der Waals surface area (Å²) in [6.07, 6.45) is 1.04. The van der Waals surface area contributed by atoms with E-state index in [0.29, 0.717) is 19.3 Å².